The van der Waals surface area contributed by atoms with Crippen molar-refractivity contribution < 1.29 is 19.0 Å². The minimum atomic E-state index is -0.498. The van der Waals surface area contributed by atoms with Crippen LogP contribution < -0.4 is 24.4 Å². The van der Waals surface area contributed by atoms with Gasteiger partial charge in [-0.3, -0.25) is 4.79 Å². The molecule has 0 saturated heterocycles. The van der Waals surface area contributed by atoms with Gasteiger partial charge in [-0.1, -0.05) is 0 Å². The van der Waals surface area contributed by atoms with Gasteiger partial charge in [0, 0.05) is 24.5 Å². The molecule has 7 heteroatoms. The number of hydrogen-bond donors (Lipinski definition) is 1. The second kappa shape index (κ2) is 10.8. The maximum absolute atomic E-state index is 12.6. The summed E-state index contributed by atoms with van der Waals surface area (Å²) < 4.78 is 15.9. The van der Waals surface area contributed by atoms with Crippen LogP contribution in [0.15, 0.2) is 42.0 Å². The minimum Gasteiger partial charge on any atom is -0.493 e. The van der Waals surface area contributed by atoms with E-state index >= 15 is 0 Å². The van der Waals surface area contributed by atoms with Crippen LogP contribution in [0.1, 0.15) is 19.4 Å². The van der Waals surface area contributed by atoms with E-state index in [4.69, 9.17) is 14.2 Å². The third-order valence-corrected chi connectivity index (χ3v) is 4.62. The van der Waals surface area contributed by atoms with E-state index in [0.717, 1.165) is 18.8 Å². The van der Waals surface area contributed by atoms with Crippen LogP contribution >= 0.6 is 0 Å². The Kier molecular flexibility index (Phi) is 8.12. The summed E-state index contributed by atoms with van der Waals surface area (Å²) >= 11 is 0. The Bertz CT molecular complexity index is 917. The first-order valence-corrected chi connectivity index (χ1v) is 9.59. The molecule has 7 nitrogen and oxygen atoms in total. The lowest BCUT2D eigenvalue weighted by Crippen LogP contribution is -2.21. The highest BCUT2D eigenvalue weighted by Crippen LogP contribution is 2.38. The van der Waals surface area contributed by atoms with E-state index in [0.29, 0.717) is 28.5 Å². The Balaban J connectivity index is 2.26. The number of carbonyl (C=O) groups is 1. The normalized spacial score (nSPS) is 10.7. The quantitative estimate of drug-likeness (QED) is 0.496. The number of ether oxygens (including phenoxy) is 3. The maximum Gasteiger partial charge on any atom is 0.266 e. The summed E-state index contributed by atoms with van der Waals surface area (Å²) in [4.78, 5) is 14.8. The maximum atomic E-state index is 12.6. The molecular formula is C23H27N3O4. The predicted octanol–water partition coefficient (Wildman–Crippen LogP) is 4.10. The molecule has 0 radical (unpaired) electrons. The molecule has 1 amide bonds. The summed E-state index contributed by atoms with van der Waals surface area (Å²) in [6.07, 6.45) is 1.48. The smallest absolute Gasteiger partial charge is 0.266 e. The van der Waals surface area contributed by atoms with Crippen molar-refractivity contribution in [2.24, 2.45) is 0 Å². The number of hydrogen-bond acceptors (Lipinski definition) is 6. The highest BCUT2D eigenvalue weighted by molar-refractivity contribution is 6.09. The average molecular weight is 409 g/mol. The van der Waals surface area contributed by atoms with Crippen LogP contribution in [-0.2, 0) is 4.79 Å². The fourth-order valence-corrected chi connectivity index (χ4v) is 3.04. The van der Waals surface area contributed by atoms with Crippen molar-refractivity contribution >= 4 is 23.4 Å². The van der Waals surface area contributed by atoms with Crippen molar-refractivity contribution in [1.29, 1.82) is 5.26 Å². The molecule has 0 spiro atoms. The van der Waals surface area contributed by atoms with Gasteiger partial charge in [0.05, 0.1) is 21.3 Å². The second-order valence-corrected chi connectivity index (χ2v) is 6.30. The summed E-state index contributed by atoms with van der Waals surface area (Å²) in [5, 5.41) is 12.3. The molecule has 0 aliphatic heterocycles. The molecule has 2 aromatic rings. The Morgan fingerprint density at radius 3 is 2.03 bits per heavy atom. The van der Waals surface area contributed by atoms with Crippen molar-refractivity contribution in [3.63, 3.8) is 0 Å². The number of carbonyl (C=O) groups excluding carboxylic acids is 1. The molecule has 0 fully saturated rings. The number of nitrogens with zero attached hydrogens (tertiary/aromatic N) is 2. The molecule has 0 aliphatic carbocycles. The fraction of sp³-hybridized carbons (Fsp3) is 0.304. The van der Waals surface area contributed by atoms with Gasteiger partial charge in [0.2, 0.25) is 5.75 Å². The summed E-state index contributed by atoms with van der Waals surface area (Å²) in [6.45, 7) is 5.98. The Labute approximate surface area is 177 Å². The van der Waals surface area contributed by atoms with Crippen molar-refractivity contribution in [2.75, 3.05) is 44.6 Å². The number of nitriles is 1. The Morgan fingerprint density at radius 1 is 1.03 bits per heavy atom. The van der Waals surface area contributed by atoms with Crippen LogP contribution in [-0.4, -0.2) is 40.3 Å². The lowest BCUT2D eigenvalue weighted by Gasteiger charge is -2.21. The predicted molar refractivity (Wildman–Crippen MR) is 118 cm³/mol. The number of rotatable bonds is 9. The van der Waals surface area contributed by atoms with Gasteiger partial charge in [0.15, 0.2) is 11.5 Å². The third kappa shape index (κ3) is 5.23. The molecule has 0 atom stereocenters. The molecule has 0 aliphatic rings. The standard InChI is InChI=1S/C23H27N3O4/c1-6-26(7-2)19-10-8-18(9-11-19)25-23(27)17(15-24)12-16-13-20(28-3)22(30-5)21(14-16)29-4/h8-14H,6-7H2,1-5H3,(H,25,27)/b17-12-. The van der Waals surface area contributed by atoms with Crippen molar-refractivity contribution in [3.05, 3.63) is 47.5 Å². The molecule has 30 heavy (non-hydrogen) atoms. The summed E-state index contributed by atoms with van der Waals surface area (Å²) in [5.74, 6) is 0.816. The van der Waals surface area contributed by atoms with Crippen molar-refractivity contribution in [2.45, 2.75) is 13.8 Å². The molecule has 2 aromatic carbocycles. The largest absolute Gasteiger partial charge is 0.493 e. The molecule has 0 heterocycles. The summed E-state index contributed by atoms with van der Waals surface area (Å²) in [5.41, 5.74) is 2.22. The molecule has 1 N–H and O–H groups in total. The van der Waals surface area contributed by atoms with Gasteiger partial charge in [0.1, 0.15) is 11.6 Å². The van der Waals surface area contributed by atoms with Crippen LogP contribution in [0.3, 0.4) is 0 Å². The SMILES string of the molecule is CCN(CC)c1ccc(NC(=O)/C(C#N)=C\c2cc(OC)c(OC)c(OC)c2)cc1. The van der Waals surface area contributed by atoms with Crippen LogP contribution in [0.2, 0.25) is 0 Å². The Hall–Kier alpha value is -3.66. The molecular weight excluding hydrogens is 382 g/mol. The van der Waals surface area contributed by atoms with Crippen molar-refractivity contribution in [3.8, 4) is 23.3 Å². The van der Waals surface area contributed by atoms with E-state index in [1.165, 1.54) is 27.4 Å². The van der Waals surface area contributed by atoms with E-state index in [1.54, 1.807) is 12.1 Å². The fourth-order valence-electron chi connectivity index (χ4n) is 3.04. The molecule has 0 bridgehead atoms. The molecule has 0 saturated carbocycles. The van der Waals surface area contributed by atoms with Crippen LogP contribution in [0.4, 0.5) is 11.4 Å². The lowest BCUT2D eigenvalue weighted by molar-refractivity contribution is -0.112. The number of nitrogens with one attached hydrogen (secondary N) is 1. The molecule has 0 unspecified atom stereocenters. The number of methoxy groups -OCH3 is 3. The third-order valence-electron chi connectivity index (χ3n) is 4.62. The topological polar surface area (TPSA) is 83.8 Å². The second-order valence-electron chi connectivity index (χ2n) is 6.30. The lowest BCUT2D eigenvalue weighted by atomic mass is 10.1. The van der Waals surface area contributed by atoms with Gasteiger partial charge in [-0.2, -0.15) is 5.26 Å². The van der Waals surface area contributed by atoms with E-state index in [-0.39, 0.29) is 5.57 Å². The number of benzene rings is 2. The highest BCUT2D eigenvalue weighted by atomic mass is 16.5. The van der Waals surface area contributed by atoms with Gasteiger partial charge in [0.25, 0.3) is 5.91 Å². The zero-order chi connectivity index (χ0) is 22.1. The zero-order valence-electron chi connectivity index (χ0n) is 18.0. The van der Waals surface area contributed by atoms with E-state index in [9.17, 15) is 10.1 Å². The zero-order valence-corrected chi connectivity index (χ0v) is 18.0. The van der Waals surface area contributed by atoms with Gasteiger partial charge < -0.3 is 24.4 Å². The highest BCUT2D eigenvalue weighted by Gasteiger charge is 2.15. The molecule has 2 rings (SSSR count). The van der Waals surface area contributed by atoms with Gasteiger partial charge in [-0.05, 0) is 61.9 Å². The summed E-state index contributed by atoms with van der Waals surface area (Å²) in [6, 6.07) is 12.8. The van der Waals surface area contributed by atoms with E-state index in [2.05, 4.69) is 24.1 Å². The number of anilines is 2. The Morgan fingerprint density at radius 2 is 1.60 bits per heavy atom. The molecule has 158 valence electrons. The average Bonchev–Trinajstić information content (AvgIpc) is 2.78. The van der Waals surface area contributed by atoms with Crippen LogP contribution in [0.5, 0.6) is 17.2 Å². The molecule has 0 aromatic heterocycles. The van der Waals surface area contributed by atoms with Gasteiger partial charge in [-0.25, -0.2) is 0 Å². The van der Waals surface area contributed by atoms with Gasteiger partial charge >= 0.3 is 0 Å². The first-order valence-electron chi connectivity index (χ1n) is 9.59. The first kappa shape index (κ1) is 22.6. The monoisotopic (exact) mass is 409 g/mol. The van der Waals surface area contributed by atoms with E-state index < -0.39 is 5.91 Å². The van der Waals surface area contributed by atoms with Crippen molar-refractivity contribution in [1.82, 2.24) is 0 Å². The minimum absolute atomic E-state index is 0.0444. The summed E-state index contributed by atoms with van der Waals surface area (Å²) in [7, 11) is 4.52. The van der Waals surface area contributed by atoms with Crippen LogP contribution in [0, 0.1) is 11.3 Å². The van der Waals surface area contributed by atoms with Crippen LogP contribution in [0.25, 0.3) is 6.08 Å². The van der Waals surface area contributed by atoms with E-state index in [1.807, 2.05) is 30.3 Å². The first-order chi connectivity index (χ1) is 14.5. The van der Waals surface area contributed by atoms with Gasteiger partial charge in [-0.15, -0.1) is 0 Å². The number of amides is 1.